The summed E-state index contributed by atoms with van der Waals surface area (Å²) in [5, 5.41) is 1.15. The molecule has 5 nitrogen and oxygen atoms in total. The zero-order chi connectivity index (χ0) is 28.0. The molecule has 5 heteroatoms. The van der Waals surface area contributed by atoms with Gasteiger partial charge in [-0.2, -0.15) is 0 Å². The fourth-order valence-corrected chi connectivity index (χ4v) is 5.63. The Morgan fingerprint density at radius 2 is 1.32 bits per heavy atom. The smallest absolute Gasteiger partial charge is 0.134 e. The summed E-state index contributed by atoms with van der Waals surface area (Å²) in [7, 11) is 0. The first kappa shape index (κ1) is 26.2. The number of aromatic nitrogens is 4. The Kier molecular flexibility index (Phi) is 6.48. The van der Waals surface area contributed by atoms with Gasteiger partial charge in [-0.05, 0) is 62.1 Å². The van der Waals surface area contributed by atoms with E-state index in [9.17, 15) is 0 Å². The monoisotopic (exact) mass is 530 g/mol. The van der Waals surface area contributed by atoms with Crippen molar-refractivity contribution in [2.24, 2.45) is 0 Å². The van der Waals surface area contributed by atoms with E-state index in [0.717, 1.165) is 76.0 Å². The first-order chi connectivity index (χ1) is 19.1. The van der Waals surface area contributed by atoms with E-state index in [1.807, 2.05) is 42.6 Å². The van der Waals surface area contributed by atoms with Gasteiger partial charge in [0.05, 0.1) is 27.8 Å². The van der Waals surface area contributed by atoms with Crippen molar-refractivity contribution in [3.63, 3.8) is 0 Å². The van der Waals surface area contributed by atoms with Crippen LogP contribution in [0, 0.1) is 0 Å². The molecular weight excluding hydrogens is 492 g/mol. The molecule has 0 fully saturated rings. The average molecular weight is 531 g/mol. The third-order valence-corrected chi connectivity index (χ3v) is 8.80. The van der Waals surface area contributed by atoms with E-state index in [4.69, 9.17) is 19.4 Å². The van der Waals surface area contributed by atoms with Crippen LogP contribution in [0.5, 0.6) is 0 Å². The van der Waals surface area contributed by atoms with E-state index >= 15 is 0 Å². The molecule has 0 radical (unpaired) electrons. The summed E-state index contributed by atoms with van der Waals surface area (Å²) < 4.78 is 6.53. The van der Waals surface area contributed by atoms with E-state index in [-0.39, 0.29) is 16.2 Å². The number of H-pyrrole nitrogens is 1. The molecule has 0 saturated heterocycles. The molecule has 0 saturated carbocycles. The second-order valence-electron chi connectivity index (χ2n) is 12.8. The lowest BCUT2D eigenvalue weighted by molar-refractivity contribution is 0.261. The maximum absolute atomic E-state index is 6.53. The minimum Gasteiger partial charge on any atom is -0.460 e. The molecular formula is C35H38N4O. The fraction of sp³-hybridized carbons (Fsp3) is 0.343. The van der Waals surface area contributed by atoms with Gasteiger partial charge < -0.3 is 9.40 Å². The molecule has 3 aromatic heterocycles. The van der Waals surface area contributed by atoms with Crippen molar-refractivity contribution in [3.05, 3.63) is 102 Å². The fourth-order valence-electron chi connectivity index (χ4n) is 5.63. The molecule has 0 aliphatic rings. The van der Waals surface area contributed by atoms with Crippen molar-refractivity contribution in [2.75, 3.05) is 0 Å². The van der Waals surface area contributed by atoms with Gasteiger partial charge in [0, 0.05) is 27.8 Å². The zero-order valence-corrected chi connectivity index (χ0v) is 24.2. The Bertz CT molecular complexity index is 1730. The Morgan fingerprint density at radius 1 is 0.675 bits per heavy atom. The molecule has 3 heterocycles. The van der Waals surface area contributed by atoms with Crippen LogP contribution in [-0.2, 0) is 16.2 Å². The number of nitrogens with zero attached hydrogens (tertiary/aromatic N) is 3. The molecule has 0 bridgehead atoms. The molecule has 1 N–H and O–H groups in total. The topological polar surface area (TPSA) is 67.6 Å². The number of aromatic amines is 1. The maximum atomic E-state index is 6.53. The molecule has 0 amide bonds. The van der Waals surface area contributed by atoms with Crippen LogP contribution < -0.4 is 0 Å². The second-order valence-corrected chi connectivity index (χ2v) is 12.8. The van der Waals surface area contributed by atoms with E-state index in [1.165, 1.54) is 0 Å². The van der Waals surface area contributed by atoms with E-state index in [1.54, 1.807) is 0 Å². The Balaban J connectivity index is 1.29. The van der Waals surface area contributed by atoms with Crippen LogP contribution in [0.2, 0.25) is 0 Å². The van der Waals surface area contributed by atoms with Crippen LogP contribution in [-0.4, -0.2) is 19.9 Å². The van der Waals surface area contributed by atoms with Crippen LogP contribution >= 0.6 is 0 Å². The summed E-state index contributed by atoms with van der Waals surface area (Å²) in [6, 6.07) is 26.9. The zero-order valence-electron chi connectivity index (χ0n) is 24.2. The summed E-state index contributed by atoms with van der Waals surface area (Å²) in [5.74, 6) is 2.09. The number of hydrogen-bond donors (Lipinski definition) is 1. The second kappa shape index (κ2) is 9.88. The number of hydrogen-bond acceptors (Lipinski definition) is 4. The maximum Gasteiger partial charge on any atom is 0.134 e. The molecule has 204 valence electrons. The van der Waals surface area contributed by atoms with Crippen LogP contribution in [0.15, 0.2) is 89.5 Å². The largest absolute Gasteiger partial charge is 0.460 e. The normalized spacial score (nSPS) is 14.2. The SMILES string of the molecule is CC(C)(CCC(C)(CCC(C)(C)c1nc2ccccc2[nH]1)c1cc2ccccc2o1)c1cnc2ccccc2n1. The van der Waals surface area contributed by atoms with Crippen molar-refractivity contribution < 1.29 is 4.42 Å². The number of para-hydroxylation sites is 5. The van der Waals surface area contributed by atoms with Gasteiger partial charge in [-0.25, -0.2) is 9.97 Å². The molecule has 40 heavy (non-hydrogen) atoms. The quantitative estimate of drug-likeness (QED) is 0.202. The van der Waals surface area contributed by atoms with Crippen LogP contribution in [0.1, 0.15) is 77.6 Å². The van der Waals surface area contributed by atoms with Crippen molar-refractivity contribution in [3.8, 4) is 0 Å². The highest BCUT2D eigenvalue weighted by Gasteiger charge is 2.37. The number of fused-ring (bicyclic) bond motifs is 3. The molecule has 0 aliphatic carbocycles. The van der Waals surface area contributed by atoms with Crippen molar-refractivity contribution in [1.29, 1.82) is 0 Å². The van der Waals surface area contributed by atoms with E-state index < -0.39 is 0 Å². The number of imidazole rings is 1. The van der Waals surface area contributed by atoms with Gasteiger partial charge in [0.15, 0.2) is 0 Å². The van der Waals surface area contributed by atoms with Gasteiger partial charge in [0.1, 0.15) is 17.2 Å². The predicted molar refractivity (Wildman–Crippen MR) is 164 cm³/mol. The first-order valence-corrected chi connectivity index (χ1v) is 14.3. The summed E-state index contributed by atoms with van der Waals surface area (Å²) in [6.45, 7) is 11.5. The molecule has 1 atom stereocenters. The minimum absolute atomic E-state index is 0.119. The molecule has 1 unspecified atom stereocenters. The minimum atomic E-state index is -0.163. The lowest BCUT2D eigenvalue weighted by Gasteiger charge is -2.35. The van der Waals surface area contributed by atoms with Gasteiger partial charge in [-0.3, -0.25) is 4.98 Å². The van der Waals surface area contributed by atoms with Crippen LogP contribution in [0.3, 0.4) is 0 Å². The molecule has 6 rings (SSSR count). The highest BCUT2D eigenvalue weighted by atomic mass is 16.3. The standard InChI is InChI=1S/C35H38N4O/c1-33(2,30-23-36-25-13-7-8-14-26(25)37-30)18-20-35(5,31-22-24-12-6-11-17-29(24)40-31)21-19-34(3,4)32-38-27-15-9-10-16-28(27)39-32/h6-17,22-23H,18-21H2,1-5H3,(H,38,39). The van der Waals surface area contributed by atoms with Gasteiger partial charge in [-0.15, -0.1) is 0 Å². The molecule has 6 aromatic rings. The molecule has 0 aliphatic heterocycles. The van der Waals surface area contributed by atoms with Gasteiger partial charge >= 0.3 is 0 Å². The van der Waals surface area contributed by atoms with E-state index in [2.05, 4.69) is 82.1 Å². The third kappa shape index (κ3) is 5.01. The highest BCUT2D eigenvalue weighted by molar-refractivity contribution is 5.78. The van der Waals surface area contributed by atoms with Crippen LogP contribution in [0.4, 0.5) is 0 Å². The van der Waals surface area contributed by atoms with Crippen molar-refractivity contribution in [1.82, 2.24) is 19.9 Å². The number of benzene rings is 3. The Morgan fingerprint density at radius 3 is 2.08 bits per heavy atom. The van der Waals surface area contributed by atoms with E-state index in [0.29, 0.717) is 0 Å². The first-order valence-electron chi connectivity index (χ1n) is 14.3. The average Bonchev–Trinajstić information content (AvgIpc) is 3.61. The number of nitrogens with one attached hydrogen (secondary N) is 1. The summed E-state index contributed by atoms with van der Waals surface area (Å²) in [6.07, 6.45) is 5.81. The summed E-state index contributed by atoms with van der Waals surface area (Å²) in [5.41, 5.74) is 5.53. The Hall–Kier alpha value is -3.99. The van der Waals surface area contributed by atoms with Gasteiger partial charge in [-0.1, -0.05) is 77.1 Å². The third-order valence-electron chi connectivity index (χ3n) is 8.80. The molecule has 0 spiro atoms. The lowest BCUT2D eigenvalue weighted by Crippen LogP contribution is -2.30. The Labute approximate surface area is 236 Å². The number of rotatable bonds is 9. The lowest BCUT2D eigenvalue weighted by atomic mass is 9.70. The van der Waals surface area contributed by atoms with Crippen molar-refractivity contribution >= 4 is 33.0 Å². The predicted octanol–water partition coefficient (Wildman–Crippen LogP) is 9.03. The summed E-state index contributed by atoms with van der Waals surface area (Å²) >= 11 is 0. The number of furan rings is 1. The molecule has 3 aromatic carbocycles. The van der Waals surface area contributed by atoms with Crippen molar-refractivity contribution in [2.45, 2.75) is 76.5 Å². The van der Waals surface area contributed by atoms with Crippen LogP contribution in [0.25, 0.3) is 33.0 Å². The van der Waals surface area contributed by atoms with Gasteiger partial charge in [0.25, 0.3) is 0 Å². The van der Waals surface area contributed by atoms with Gasteiger partial charge in [0.2, 0.25) is 0 Å². The summed E-state index contributed by atoms with van der Waals surface area (Å²) in [4.78, 5) is 18.2. The highest BCUT2D eigenvalue weighted by Crippen LogP contribution is 2.43.